The van der Waals surface area contributed by atoms with Crippen molar-refractivity contribution >= 4 is 38.6 Å². The Kier molecular flexibility index (Phi) is 5.26. The molecule has 5 N–H and O–H groups in total. The van der Waals surface area contributed by atoms with Gasteiger partial charge in [0.15, 0.2) is 0 Å². The minimum absolute atomic E-state index is 0.0447. The number of rotatable bonds is 4. The van der Waals surface area contributed by atoms with Crippen LogP contribution in [0.1, 0.15) is 23.7 Å². The van der Waals surface area contributed by atoms with E-state index < -0.39 is 0 Å². The van der Waals surface area contributed by atoms with E-state index in [4.69, 9.17) is 21.0 Å². The third kappa shape index (κ3) is 3.31. The fourth-order valence-corrected chi connectivity index (χ4v) is 4.85. The molecular formula is C17H23BrN4O2S. The summed E-state index contributed by atoms with van der Waals surface area (Å²) in [5, 5.41) is 3.26. The molecule has 1 aromatic carbocycles. The summed E-state index contributed by atoms with van der Waals surface area (Å²) in [5.74, 6) is 2.43. The van der Waals surface area contributed by atoms with Gasteiger partial charge >= 0.3 is 0 Å². The van der Waals surface area contributed by atoms with Crippen molar-refractivity contribution in [3.8, 4) is 5.75 Å². The van der Waals surface area contributed by atoms with Crippen molar-refractivity contribution in [2.75, 3.05) is 31.4 Å². The molecule has 2 aliphatic rings. The molecule has 0 radical (unpaired) electrons. The standard InChI is InChI=1S/C17H23BrN4O2S/c18-12-7-14-11(6-15(12)23-5-1-3-19)10-2-4-22-17(16(10)21-14)13(20)8-25-9-24-22/h6-7,13,17,21H,1-5,8-9,19-20H2/t13-,17+/m1/s1. The highest BCUT2D eigenvalue weighted by molar-refractivity contribution is 9.10. The van der Waals surface area contributed by atoms with Gasteiger partial charge in [-0.15, -0.1) is 11.8 Å². The number of ether oxygens (including phenoxy) is 1. The van der Waals surface area contributed by atoms with Crippen LogP contribution in [-0.4, -0.2) is 47.5 Å². The summed E-state index contributed by atoms with van der Waals surface area (Å²) in [4.78, 5) is 9.49. The Morgan fingerprint density at radius 3 is 3.16 bits per heavy atom. The van der Waals surface area contributed by atoms with Gasteiger partial charge in [0.2, 0.25) is 0 Å². The first-order valence-electron chi connectivity index (χ1n) is 8.58. The third-order valence-electron chi connectivity index (χ3n) is 4.80. The number of thioether (sulfide) groups is 1. The number of aromatic nitrogens is 1. The van der Waals surface area contributed by atoms with Crippen LogP contribution >= 0.6 is 27.7 Å². The van der Waals surface area contributed by atoms with Gasteiger partial charge < -0.3 is 21.2 Å². The monoisotopic (exact) mass is 426 g/mol. The summed E-state index contributed by atoms with van der Waals surface area (Å²) in [6.45, 7) is 2.12. The van der Waals surface area contributed by atoms with Gasteiger partial charge in [-0.3, -0.25) is 4.84 Å². The Labute approximate surface area is 159 Å². The maximum atomic E-state index is 6.46. The van der Waals surface area contributed by atoms with Crippen LogP contribution in [0, 0.1) is 0 Å². The summed E-state index contributed by atoms with van der Waals surface area (Å²) >= 11 is 5.36. The van der Waals surface area contributed by atoms with Gasteiger partial charge in [-0.2, -0.15) is 5.06 Å². The molecule has 1 saturated heterocycles. The Bertz CT molecular complexity index is 769. The van der Waals surface area contributed by atoms with Crippen LogP contribution in [0.15, 0.2) is 16.6 Å². The van der Waals surface area contributed by atoms with Crippen molar-refractivity contribution in [1.82, 2.24) is 10.0 Å². The van der Waals surface area contributed by atoms with Crippen LogP contribution < -0.4 is 16.2 Å². The van der Waals surface area contributed by atoms with Crippen LogP contribution in [0.3, 0.4) is 0 Å². The van der Waals surface area contributed by atoms with Gasteiger partial charge in [-0.1, -0.05) is 0 Å². The maximum absolute atomic E-state index is 6.46. The van der Waals surface area contributed by atoms with Crippen LogP contribution in [0.4, 0.5) is 0 Å². The molecule has 0 bridgehead atoms. The molecule has 1 aromatic heterocycles. The quantitative estimate of drug-likeness (QED) is 0.650. The Hall–Kier alpha value is -0.770. The van der Waals surface area contributed by atoms with Crippen molar-refractivity contribution in [1.29, 1.82) is 0 Å². The second-order valence-electron chi connectivity index (χ2n) is 6.45. The second-order valence-corrected chi connectivity index (χ2v) is 8.28. The first-order valence-corrected chi connectivity index (χ1v) is 10.5. The van der Waals surface area contributed by atoms with Crippen molar-refractivity contribution in [3.05, 3.63) is 27.9 Å². The summed E-state index contributed by atoms with van der Waals surface area (Å²) in [5.41, 5.74) is 15.6. The molecule has 0 spiro atoms. The zero-order valence-corrected chi connectivity index (χ0v) is 16.4. The molecule has 0 amide bonds. The lowest BCUT2D eigenvalue weighted by Crippen LogP contribution is -2.44. The van der Waals surface area contributed by atoms with Gasteiger partial charge in [0, 0.05) is 34.9 Å². The second kappa shape index (κ2) is 7.46. The molecule has 1 fully saturated rings. The van der Waals surface area contributed by atoms with E-state index in [9.17, 15) is 0 Å². The Morgan fingerprint density at radius 2 is 2.32 bits per heavy atom. The highest BCUT2D eigenvalue weighted by atomic mass is 79.9. The number of hydroxylamine groups is 2. The minimum Gasteiger partial charge on any atom is -0.492 e. The van der Waals surface area contributed by atoms with E-state index >= 15 is 0 Å². The van der Waals surface area contributed by atoms with Gasteiger partial charge in [-0.05, 0) is 53.0 Å². The number of nitrogens with one attached hydrogen (secondary N) is 1. The van der Waals surface area contributed by atoms with Crippen LogP contribution in [0.5, 0.6) is 5.75 Å². The van der Waals surface area contributed by atoms with Gasteiger partial charge in [0.25, 0.3) is 0 Å². The lowest BCUT2D eigenvalue weighted by Gasteiger charge is -2.35. The molecule has 25 heavy (non-hydrogen) atoms. The number of fused-ring (bicyclic) bond motifs is 5. The van der Waals surface area contributed by atoms with E-state index in [1.807, 2.05) is 0 Å². The molecule has 2 atom stereocenters. The number of H-pyrrole nitrogens is 1. The lowest BCUT2D eigenvalue weighted by atomic mass is 9.95. The number of halogens is 1. The number of nitrogens with zero attached hydrogens (tertiary/aromatic N) is 1. The van der Waals surface area contributed by atoms with E-state index in [1.54, 1.807) is 11.8 Å². The molecule has 3 heterocycles. The predicted octanol–water partition coefficient (Wildman–Crippen LogP) is 2.52. The van der Waals surface area contributed by atoms with Crippen molar-refractivity contribution in [2.45, 2.75) is 24.9 Å². The largest absolute Gasteiger partial charge is 0.492 e. The fraction of sp³-hybridized carbons (Fsp3) is 0.529. The smallest absolute Gasteiger partial charge is 0.134 e. The van der Waals surface area contributed by atoms with Crippen molar-refractivity contribution in [2.24, 2.45) is 11.5 Å². The third-order valence-corrected chi connectivity index (χ3v) is 6.32. The summed E-state index contributed by atoms with van der Waals surface area (Å²) in [6, 6.07) is 4.33. The van der Waals surface area contributed by atoms with Gasteiger partial charge in [-0.25, -0.2) is 0 Å². The van der Waals surface area contributed by atoms with E-state index in [0.717, 1.165) is 40.9 Å². The highest BCUT2D eigenvalue weighted by Gasteiger charge is 2.37. The van der Waals surface area contributed by atoms with Gasteiger partial charge in [0.05, 0.1) is 17.1 Å². The average Bonchev–Trinajstić information content (AvgIpc) is 2.83. The first kappa shape index (κ1) is 17.6. The minimum atomic E-state index is 0.0447. The van der Waals surface area contributed by atoms with E-state index in [-0.39, 0.29) is 12.1 Å². The topological polar surface area (TPSA) is 89.5 Å². The average molecular weight is 427 g/mol. The molecule has 6 nitrogen and oxygen atoms in total. The summed E-state index contributed by atoms with van der Waals surface area (Å²) < 4.78 is 6.84. The zero-order chi connectivity index (χ0) is 17.4. The molecule has 4 rings (SSSR count). The highest BCUT2D eigenvalue weighted by Crippen LogP contribution is 2.41. The van der Waals surface area contributed by atoms with Crippen molar-refractivity contribution < 1.29 is 9.57 Å². The molecule has 136 valence electrons. The van der Waals surface area contributed by atoms with Gasteiger partial charge in [0.1, 0.15) is 11.7 Å². The SMILES string of the molecule is NCCCOc1cc2c3c([nH]c2cc1Br)[C@@H]1[C@H](N)CSCON1CC3. The Morgan fingerprint density at radius 1 is 1.44 bits per heavy atom. The maximum Gasteiger partial charge on any atom is 0.134 e. The molecular weight excluding hydrogens is 404 g/mol. The molecule has 0 saturated carbocycles. The zero-order valence-electron chi connectivity index (χ0n) is 14.0. The van der Waals surface area contributed by atoms with Crippen LogP contribution in [0.2, 0.25) is 0 Å². The van der Waals surface area contributed by atoms with Crippen molar-refractivity contribution in [3.63, 3.8) is 0 Å². The van der Waals surface area contributed by atoms with Crippen LogP contribution in [0.25, 0.3) is 10.9 Å². The molecule has 8 heteroatoms. The predicted molar refractivity (Wildman–Crippen MR) is 105 cm³/mol. The number of benzene rings is 1. The molecule has 2 aromatic rings. The fourth-order valence-electron chi connectivity index (χ4n) is 3.63. The summed E-state index contributed by atoms with van der Waals surface area (Å²) in [7, 11) is 0. The molecule has 2 aliphatic heterocycles. The van der Waals surface area contributed by atoms with E-state index in [1.165, 1.54) is 16.6 Å². The number of nitrogens with two attached hydrogens (primary N) is 2. The first-order chi connectivity index (χ1) is 12.2. The Balaban J connectivity index is 1.73. The van der Waals surface area contributed by atoms with E-state index in [2.05, 4.69) is 38.1 Å². The number of aromatic amines is 1. The molecule has 0 aliphatic carbocycles. The van der Waals surface area contributed by atoms with Crippen LogP contribution in [-0.2, 0) is 11.3 Å². The number of hydrogen-bond donors (Lipinski definition) is 3. The van der Waals surface area contributed by atoms with E-state index in [0.29, 0.717) is 19.1 Å². The normalized spacial score (nSPS) is 24.0. The lowest BCUT2D eigenvalue weighted by molar-refractivity contribution is -0.175. The molecule has 0 unspecified atom stereocenters. The number of hydrogen-bond acceptors (Lipinski definition) is 6. The summed E-state index contributed by atoms with van der Waals surface area (Å²) in [6.07, 6.45) is 1.78.